The smallest absolute Gasteiger partial charge is 0.129 e. The summed E-state index contributed by atoms with van der Waals surface area (Å²) in [5.74, 6) is 0. The molecule has 0 fully saturated rings. The van der Waals surface area contributed by atoms with Crippen molar-refractivity contribution in [1.82, 2.24) is 10.3 Å². The van der Waals surface area contributed by atoms with Gasteiger partial charge in [-0.25, -0.2) is 4.98 Å². The van der Waals surface area contributed by atoms with Gasteiger partial charge in [-0.15, -0.1) is 0 Å². The molecule has 15 heavy (non-hydrogen) atoms. The number of aromatic nitrogens is 1. The van der Waals surface area contributed by atoms with Crippen LogP contribution in [0, 0.1) is 0 Å². The molecule has 0 spiro atoms. The van der Waals surface area contributed by atoms with E-state index in [1.54, 1.807) is 13.3 Å². The van der Waals surface area contributed by atoms with Crippen molar-refractivity contribution in [2.45, 2.75) is 25.9 Å². The number of methoxy groups -OCH3 is 1. The van der Waals surface area contributed by atoms with Crippen molar-refractivity contribution < 1.29 is 4.74 Å². The Balaban J connectivity index is 2.56. The van der Waals surface area contributed by atoms with Gasteiger partial charge in [0.15, 0.2) is 0 Å². The lowest BCUT2D eigenvalue weighted by atomic mass is 10.1. The Morgan fingerprint density at radius 1 is 1.53 bits per heavy atom. The predicted molar refractivity (Wildman–Crippen MR) is 62.1 cm³/mol. The maximum Gasteiger partial charge on any atom is 0.129 e. The maximum absolute atomic E-state index is 5.82. The van der Waals surface area contributed by atoms with E-state index in [-0.39, 0.29) is 6.04 Å². The minimum absolute atomic E-state index is 0.246. The molecule has 1 heterocycles. The summed E-state index contributed by atoms with van der Waals surface area (Å²) in [5, 5.41) is 3.94. The van der Waals surface area contributed by atoms with Gasteiger partial charge < -0.3 is 10.1 Å². The molecular weight excluding hydrogens is 212 g/mol. The second kappa shape index (κ2) is 6.05. The highest BCUT2D eigenvalue weighted by molar-refractivity contribution is 6.29. The molecule has 1 aromatic rings. The number of hydrogen-bond donors (Lipinski definition) is 1. The van der Waals surface area contributed by atoms with Gasteiger partial charge >= 0.3 is 0 Å². The van der Waals surface area contributed by atoms with E-state index >= 15 is 0 Å². The van der Waals surface area contributed by atoms with E-state index in [1.165, 1.54) is 0 Å². The predicted octanol–water partition coefficient (Wildman–Crippen LogP) is 2.42. The first-order valence-corrected chi connectivity index (χ1v) is 5.37. The summed E-state index contributed by atoms with van der Waals surface area (Å²) in [6, 6.07) is 4.40. The Morgan fingerprint density at radius 3 is 2.87 bits per heavy atom. The van der Waals surface area contributed by atoms with E-state index in [9.17, 15) is 0 Å². The highest BCUT2D eigenvalue weighted by Gasteiger charge is 2.09. The largest absolute Gasteiger partial charge is 0.383 e. The molecule has 0 aliphatic rings. The van der Waals surface area contributed by atoms with Gasteiger partial charge in [-0.1, -0.05) is 11.6 Å². The molecular formula is C11H17ClN2O. The van der Waals surface area contributed by atoms with Gasteiger partial charge in [0.05, 0.1) is 6.61 Å². The molecule has 1 N–H and O–H groups in total. The molecule has 0 radical (unpaired) electrons. The minimum Gasteiger partial charge on any atom is -0.383 e. The first kappa shape index (κ1) is 12.4. The molecule has 4 heteroatoms. The van der Waals surface area contributed by atoms with Crippen LogP contribution in [-0.2, 0) is 4.74 Å². The molecule has 0 aliphatic carbocycles. The van der Waals surface area contributed by atoms with E-state index in [2.05, 4.69) is 24.1 Å². The van der Waals surface area contributed by atoms with Crippen molar-refractivity contribution in [2.75, 3.05) is 13.7 Å². The molecule has 3 nitrogen and oxygen atoms in total. The first-order valence-electron chi connectivity index (χ1n) is 5.00. The van der Waals surface area contributed by atoms with E-state index in [1.807, 2.05) is 12.1 Å². The third kappa shape index (κ3) is 4.16. The van der Waals surface area contributed by atoms with Gasteiger partial charge in [-0.3, -0.25) is 0 Å². The van der Waals surface area contributed by atoms with Crippen LogP contribution in [0.4, 0.5) is 0 Å². The number of ether oxygens (including phenoxy) is 1. The number of rotatable bonds is 5. The molecule has 0 aliphatic heterocycles. The molecule has 2 unspecified atom stereocenters. The molecule has 84 valence electrons. The minimum atomic E-state index is 0.246. The first-order chi connectivity index (χ1) is 7.13. The summed E-state index contributed by atoms with van der Waals surface area (Å²) >= 11 is 5.82. The highest BCUT2D eigenvalue weighted by atomic mass is 35.5. The normalized spacial score (nSPS) is 14.9. The molecule has 0 saturated heterocycles. The maximum atomic E-state index is 5.82. The standard InChI is InChI=1S/C11H17ClN2O/c1-8(7-15-3)14-9(2)10-4-5-13-11(12)6-10/h4-6,8-9,14H,7H2,1-3H3. The second-order valence-electron chi connectivity index (χ2n) is 3.66. The fourth-order valence-electron chi connectivity index (χ4n) is 1.51. The summed E-state index contributed by atoms with van der Waals surface area (Å²) in [7, 11) is 1.70. The third-order valence-electron chi connectivity index (χ3n) is 2.20. The van der Waals surface area contributed by atoms with Crippen LogP contribution in [-0.4, -0.2) is 24.7 Å². The van der Waals surface area contributed by atoms with Crippen molar-refractivity contribution >= 4 is 11.6 Å². The lowest BCUT2D eigenvalue weighted by Crippen LogP contribution is -2.32. The van der Waals surface area contributed by atoms with Gasteiger partial charge in [0.1, 0.15) is 5.15 Å². The zero-order valence-corrected chi connectivity index (χ0v) is 10.1. The van der Waals surface area contributed by atoms with Gasteiger partial charge in [-0.05, 0) is 31.5 Å². The summed E-state index contributed by atoms with van der Waals surface area (Å²) < 4.78 is 5.06. The van der Waals surface area contributed by atoms with E-state index < -0.39 is 0 Å². The van der Waals surface area contributed by atoms with Crippen LogP contribution in [0.3, 0.4) is 0 Å². The lowest BCUT2D eigenvalue weighted by Gasteiger charge is -2.19. The molecule has 1 aromatic heterocycles. The van der Waals surface area contributed by atoms with Crippen molar-refractivity contribution in [2.24, 2.45) is 0 Å². The molecule has 2 atom stereocenters. The Kier molecular flexibility index (Phi) is 5.02. The Hall–Kier alpha value is -0.640. The van der Waals surface area contributed by atoms with Crippen LogP contribution < -0.4 is 5.32 Å². The molecule has 0 bridgehead atoms. The lowest BCUT2D eigenvalue weighted by molar-refractivity contribution is 0.167. The number of nitrogens with zero attached hydrogens (tertiary/aromatic N) is 1. The Bertz CT molecular complexity index is 306. The Morgan fingerprint density at radius 2 is 2.27 bits per heavy atom. The van der Waals surface area contributed by atoms with Gasteiger partial charge in [-0.2, -0.15) is 0 Å². The number of hydrogen-bond acceptors (Lipinski definition) is 3. The average Bonchev–Trinajstić information content (AvgIpc) is 2.18. The third-order valence-corrected chi connectivity index (χ3v) is 2.41. The number of halogens is 1. The van der Waals surface area contributed by atoms with Crippen LogP contribution in [0.2, 0.25) is 5.15 Å². The summed E-state index contributed by atoms with van der Waals surface area (Å²) in [4.78, 5) is 3.95. The number of nitrogens with one attached hydrogen (secondary N) is 1. The zero-order chi connectivity index (χ0) is 11.3. The molecule has 0 amide bonds. The topological polar surface area (TPSA) is 34.1 Å². The van der Waals surface area contributed by atoms with Crippen molar-refractivity contribution in [3.8, 4) is 0 Å². The van der Waals surface area contributed by atoms with Gasteiger partial charge in [0.25, 0.3) is 0 Å². The van der Waals surface area contributed by atoms with E-state index in [0.29, 0.717) is 17.8 Å². The van der Waals surface area contributed by atoms with Crippen LogP contribution >= 0.6 is 11.6 Å². The fraction of sp³-hybridized carbons (Fsp3) is 0.545. The van der Waals surface area contributed by atoms with Gasteiger partial charge in [0.2, 0.25) is 0 Å². The van der Waals surface area contributed by atoms with E-state index in [0.717, 1.165) is 5.56 Å². The second-order valence-corrected chi connectivity index (χ2v) is 4.04. The zero-order valence-electron chi connectivity index (χ0n) is 9.33. The fourth-order valence-corrected chi connectivity index (χ4v) is 1.69. The highest BCUT2D eigenvalue weighted by Crippen LogP contribution is 2.15. The average molecular weight is 229 g/mol. The van der Waals surface area contributed by atoms with Crippen LogP contribution in [0.15, 0.2) is 18.3 Å². The van der Waals surface area contributed by atoms with Gasteiger partial charge in [0, 0.05) is 25.4 Å². The molecule has 0 aromatic carbocycles. The Labute approximate surface area is 95.8 Å². The van der Waals surface area contributed by atoms with Crippen LogP contribution in [0.1, 0.15) is 25.5 Å². The number of pyridine rings is 1. The summed E-state index contributed by atoms with van der Waals surface area (Å²) in [6.07, 6.45) is 1.72. The van der Waals surface area contributed by atoms with Crippen molar-refractivity contribution in [3.05, 3.63) is 29.0 Å². The quantitative estimate of drug-likeness (QED) is 0.786. The monoisotopic (exact) mass is 228 g/mol. The summed E-state index contributed by atoms with van der Waals surface area (Å²) in [5.41, 5.74) is 1.14. The molecule has 0 saturated carbocycles. The van der Waals surface area contributed by atoms with E-state index in [4.69, 9.17) is 16.3 Å². The van der Waals surface area contributed by atoms with Crippen molar-refractivity contribution in [3.63, 3.8) is 0 Å². The summed E-state index contributed by atoms with van der Waals surface area (Å²) in [6.45, 7) is 4.88. The SMILES string of the molecule is COCC(C)NC(C)c1ccnc(Cl)c1. The van der Waals surface area contributed by atoms with Crippen LogP contribution in [0.25, 0.3) is 0 Å². The van der Waals surface area contributed by atoms with Crippen LogP contribution in [0.5, 0.6) is 0 Å². The molecule has 1 rings (SSSR count). The van der Waals surface area contributed by atoms with Crippen molar-refractivity contribution in [1.29, 1.82) is 0 Å².